The van der Waals surface area contributed by atoms with Gasteiger partial charge in [0, 0.05) is 13.0 Å². The Kier molecular flexibility index (Phi) is 25.7. The summed E-state index contributed by atoms with van der Waals surface area (Å²) in [6.07, 6.45) is 23.1. The predicted molar refractivity (Wildman–Crippen MR) is 187 cm³/mol. The zero-order valence-electron chi connectivity index (χ0n) is 29.9. The summed E-state index contributed by atoms with van der Waals surface area (Å²) in [5, 5.41) is 34.1. The maximum atomic E-state index is 13.7. The maximum Gasteiger partial charge on any atom is 0.237 e. The number of hydrogen-bond donors (Lipinski definition) is 5. The van der Waals surface area contributed by atoms with Gasteiger partial charge in [-0.25, -0.2) is 0 Å². The molecule has 0 radical (unpaired) electrons. The number of carbonyl (C=O) groups excluding carboxylic acids is 2. The van der Waals surface area contributed by atoms with Gasteiger partial charge in [0.1, 0.15) is 24.4 Å². The molecule has 1 aliphatic rings. The van der Waals surface area contributed by atoms with Gasteiger partial charge in [0.25, 0.3) is 0 Å². The van der Waals surface area contributed by atoms with E-state index in [4.69, 9.17) is 10.5 Å². The van der Waals surface area contributed by atoms with Crippen LogP contribution in [0.1, 0.15) is 175 Å². The Bertz CT molecular complexity index is 755. The number of nitrogens with one attached hydrogen (secondary N) is 1. The lowest BCUT2D eigenvalue weighted by Gasteiger charge is -2.47. The average Bonchev–Trinajstić information content (AvgIpc) is 3.04. The molecule has 6 N–H and O–H groups in total. The fraction of sp³-hybridized carbons (Fsp3) is 0.946. The molecule has 1 rings (SSSR count). The topological polar surface area (TPSA) is 145 Å². The van der Waals surface area contributed by atoms with Crippen LogP contribution in [0.2, 0.25) is 0 Å². The molecule has 9 heteroatoms. The van der Waals surface area contributed by atoms with Gasteiger partial charge in [-0.2, -0.15) is 0 Å². The highest BCUT2D eigenvalue weighted by molar-refractivity contribution is 5.81. The summed E-state index contributed by atoms with van der Waals surface area (Å²) in [6.45, 7) is 5.93. The number of aliphatic hydroxyl groups is 3. The van der Waals surface area contributed by atoms with Crippen LogP contribution in [-0.2, 0) is 14.3 Å². The molecule has 0 saturated carbocycles. The van der Waals surface area contributed by atoms with E-state index in [2.05, 4.69) is 19.2 Å². The van der Waals surface area contributed by atoms with Crippen molar-refractivity contribution in [2.75, 3.05) is 13.2 Å². The maximum absolute atomic E-state index is 13.7. The van der Waals surface area contributed by atoms with E-state index in [0.717, 1.165) is 38.5 Å². The molecule has 0 aromatic heterocycles. The molecule has 0 unspecified atom stereocenters. The number of hydrogen-bond acceptors (Lipinski definition) is 7. The molecule has 1 fully saturated rings. The minimum absolute atomic E-state index is 0.0932. The van der Waals surface area contributed by atoms with Crippen LogP contribution in [0.5, 0.6) is 0 Å². The number of amides is 2. The quantitative estimate of drug-likeness (QED) is 0.0580. The van der Waals surface area contributed by atoms with Crippen molar-refractivity contribution in [3.05, 3.63) is 0 Å². The van der Waals surface area contributed by atoms with Gasteiger partial charge in [-0.05, 0) is 19.8 Å². The predicted octanol–water partition coefficient (Wildman–Crippen LogP) is 6.49. The largest absolute Gasteiger partial charge is 0.394 e. The van der Waals surface area contributed by atoms with E-state index in [1.165, 1.54) is 116 Å². The summed E-state index contributed by atoms with van der Waals surface area (Å²) in [6, 6.07) is -1.90. The molecular formula is C37H73N3O6. The molecule has 2 amide bonds. The fourth-order valence-electron chi connectivity index (χ4n) is 6.42. The van der Waals surface area contributed by atoms with Gasteiger partial charge in [0.15, 0.2) is 6.23 Å². The first-order valence-corrected chi connectivity index (χ1v) is 19.3. The molecule has 1 saturated heterocycles. The van der Waals surface area contributed by atoms with Crippen molar-refractivity contribution in [1.82, 2.24) is 10.2 Å². The van der Waals surface area contributed by atoms with Gasteiger partial charge < -0.3 is 36.0 Å². The molecule has 9 nitrogen and oxygen atoms in total. The summed E-state index contributed by atoms with van der Waals surface area (Å²) in [5.74, 6) is -0.598. The van der Waals surface area contributed by atoms with Crippen LogP contribution in [0.4, 0.5) is 0 Å². The Morgan fingerprint density at radius 2 is 1.11 bits per heavy atom. The van der Waals surface area contributed by atoms with E-state index in [0.29, 0.717) is 13.0 Å². The van der Waals surface area contributed by atoms with Crippen LogP contribution in [0, 0.1) is 0 Å². The second-order valence-electron chi connectivity index (χ2n) is 13.8. The molecule has 6 atom stereocenters. The zero-order valence-corrected chi connectivity index (χ0v) is 29.9. The minimum atomic E-state index is -1.42. The lowest BCUT2D eigenvalue weighted by molar-refractivity contribution is -0.231. The zero-order chi connectivity index (χ0) is 34.0. The second kappa shape index (κ2) is 27.7. The van der Waals surface area contributed by atoms with Crippen LogP contribution >= 0.6 is 0 Å². The number of ether oxygens (including phenoxy) is 1. The number of nitrogens with two attached hydrogens (primary N) is 1. The normalized spacial score (nSPS) is 22.1. The van der Waals surface area contributed by atoms with Crippen molar-refractivity contribution in [3.8, 4) is 0 Å². The lowest BCUT2D eigenvalue weighted by Crippen LogP contribution is -2.69. The third-order valence-electron chi connectivity index (χ3n) is 9.50. The minimum Gasteiger partial charge on any atom is -0.394 e. The first-order valence-electron chi connectivity index (χ1n) is 19.3. The highest BCUT2D eigenvalue weighted by Crippen LogP contribution is 2.26. The Morgan fingerprint density at radius 3 is 1.52 bits per heavy atom. The van der Waals surface area contributed by atoms with Crippen LogP contribution in [0.15, 0.2) is 0 Å². The van der Waals surface area contributed by atoms with Gasteiger partial charge in [0.2, 0.25) is 11.8 Å². The van der Waals surface area contributed by atoms with Crippen molar-refractivity contribution >= 4 is 11.8 Å². The van der Waals surface area contributed by atoms with Crippen molar-refractivity contribution < 1.29 is 29.6 Å². The third kappa shape index (κ3) is 18.3. The third-order valence-corrected chi connectivity index (χ3v) is 9.50. The number of carbonyl (C=O) groups is 2. The van der Waals surface area contributed by atoms with Crippen LogP contribution in [0.25, 0.3) is 0 Å². The Hall–Kier alpha value is -1.26. The molecule has 272 valence electrons. The molecule has 0 bridgehead atoms. The molecule has 0 aromatic carbocycles. The Morgan fingerprint density at radius 1 is 0.696 bits per heavy atom. The van der Waals surface area contributed by atoms with Crippen molar-refractivity contribution in [3.63, 3.8) is 0 Å². The van der Waals surface area contributed by atoms with E-state index >= 15 is 0 Å². The standard InChI is InChI=1S/C37H73N3O6/c1-4-6-8-10-12-14-16-17-18-19-21-23-25-27-32(42)40(28-26-24-22-20-15-13-11-9-7-5-2)37-33(39-36(45)30(3)38)35(44)34(43)31(29-41)46-37/h30-31,33-35,37,41,43-44H,4-29,38H2,1-3H3,(H,39,45)/t30-,31+,33+,34+,35+,37+/m0/s1. The highest BCUT2D eigenvalue weighted by Gasteiger charge is 2.48. The molecule has 1 heterocycles. The Labute approximate surface area is 281 Å². The van der Waals surface area contributed by atoms with Gasteiger partial charge >= 0.3 is 0 Å². The van der Waals surface area contributed by atoms with Crippen LogP contribution in [-0.4, -0.2) is 81.8 Å². The van der Waals surface area contributed by atoms with Crippen molar-refractivity contribution in [1.29, 1.82) is 0 Å². The number of unbranched alkanes of at least 4 members (excludes halogenated alkanes) is 21. The molecule has 0 aliphatic carbocycles. The van der Waals surface area contributed by atoms with Gasteiger partial charge in [-0.3, -0.25) is 9.59 Å². The molecule has 1 aliphatic heterocycles. The van der Waals surface area contributed by atoms with Gasteiger partial charge in [-0.1, -0.05) is 149 Å². The molecule has 46 heavy (non-hydrogen) atoms. The first-order chi connectivity index (χ1) is 22.3. The summed E-state index contributed by atoms with van der Waals surface area (Å²) in [5.41, 5.74) is 5.78. The lowest BCUT2D eigenvalue weighted by atomic mass is 9.94. The van der Waals surface area contributed by atoms with E-state index in [1.807, 2.05) is 0 Å². The van der Waals surface area contributed by atoms with E-state index in [9.17, 15) is 24.9 Å². The van der Waals surface area contributed by atoms with Gasteiger partial charge in [-0.15, -0.1) is 0 Å². The van der Waals surface area contributed by atoms with Crippen LogP contribution < -0.4 is 11.1 Å². The summed E-state index contributed by atoms with van der Waals surface area (Å²) in [4.78, 5) is 27.9. The highest BCUT2D eigenvalue weighted by atomic mass is 16.5. The van der Waals surface area contributed by atoms with E-state index in [1.54, 1.807) is 4.90 Å². The number of aliphatic hydroxyl groups excluding tert-OH is 3. The van der Waals surface area contributed by atoms with E-state index < -0.39 is 49.1 Å². The average molecular weight is 656 g/mol. The monoisotopic (exact) mass is 656 g/mol. The number of rotatable bonds is 29. The fourth-order valence-corrected chi connectivity index (χ4v) is 6.42. The Balaban J connectivity index is 2.67. The molecular weight excluding hydrogens is 582 g/mol. The van der Waals surface area contributed by atoms with Crippen LogP contribution in [0.3, 0.4) is 0 Å². The van der Waals surface area contributed by atoms with E-state index in [-0.39, 0.29) is 5.91 Å². The van der Waals surface area contributed by atoms with Crippen molar-refractivity contribution in [2.24, 2.45) is 5.73 Å². The SMILES string of the molecule is CCCCCCCCCCCCCCCC(=O)N(CCCCCCCCCCCC)[C@@H]1O[C@H](CO)[C@@H](O)[C@H](O)[C@H]1NC(=O)[C@H](C)N. The second-order valence-corrected chi connectivity index (χ2v) is 13.8. The molecule has 0 spiro atoms. The smallest absolute Gasteiger partial charge is 0.237 e. The van der Waals surface area contributed by atoms with Crippen molar-refractivity contribution in [2.45, 2.75) is 211 Å². The summed E-state index contributed by atoms with van der Waals surface area (Å²) >= 11 is 0. The summed E-state index contributed by atoms with van der Waals surface area (Å²) < 4.78 is 6.05. The first kappa shape index (κ1) is 42.8. The number of nitrogens with zero attached hydrogens (tertiary/aromatic N) is 1. The summed E-state index contributed by atoms with van der Waals surface area (Å²) in [7, 11) is 0. The molecule has 0 aromatic rings. The van der Waals surface area contributed by atoms with Gasteiger partial charge in [0.05, 0.1) is 12.6 Å².